The number of rotatable bonds is 5. The Morgan fingerprint density at radius 2 is 1.61 bits per heavy atom. The summed E-state index contributed by atoms with van der Waals surface area (Å²) < 4.78 is 0. The number of nitrogens with one attached hydrogen (secondary N) is 1. The van der Waals surface area contributed by atoms with Gasteiger partial charge in [-0.3, -0.25) is 0 Å². The highest BCUT2D eigenvalue weighted by Gasteiger charge is 2.23. The van der Waals surface area contributed by atoms with Crippen molar-refractivity contribution in [2.45, 2.75) is 60.4 Å². The second-order valence-corrected chi connectivity index (χ2v) is 6.51. The molecule has 1 aromatic carbocycles. The maximum atomic E-state index is 3.62. The Labute approximate surface area is 113 Å². The van der Waals surface area contributed by atoms with E-state index in [9.17, 15) is 0 Å². The highest BCUT2D eigenvalue weighted by atomic mass is 14.9. The van der Waals surface area contributed by atoms with E-state index in [1.165, 1.54) is 23.1 Å². The van der Waals surface area contributed by atoms with Crippen LogP contribution in [0.3, 0.4) is 0 Å². The normalized spacial score (nSPS) is 13.7. The lowest BCUT2D eigenvalue weighted by Gasteiger charge is -2.31. The van der Waals surface area contributed by atoms with Gasteiger partial charge in [0, 0.05) is 6.04 Å². The third kappa shape index (κ3) is 4.81. The van der Waals surface area contributed by atoms with E-state index in [-0.39, 0.29) is 0 Å². The third-order valence-electron chi connectivity index (χ3n) is 3.50. The average molecular weight is 247 g/mol. The van der Waals surface area contributed by atoms with Gasteiger partial charge in [0.1, 0.15) is 0 Å². The summed E-state index contributed by atoms with van der Waals surface area (Å²) in [4.78, 5) is 0. The first kappa shape index (κ1) is 15.2. The summed E-state index contributed by atoms with van der Waals surface area (Å²) in [6, 6.07) is 7.47. The molecule has 1 nitrogen and oxygen atoms in total. The van der Waals surface area contributed by atoms with E-state index >= 15 is 0 Å². The van der Waals surface area contributed by atoms with E-state index in [4.69, 9.17) is 0 Å². The largest absolute Gasteiger partial charge is 0.314 e. The first-order valence-corrected chi connectivity index (χ1v) is 7.13. The quantitative estimate of drug-likeness (QED) is 0.819. The molecule has 0 aliphatic heterocycles. The highest BCUT2D eigenvalue weighted by molar-refractivity contribution is 5.28. The molecule has 0 saturated heterocycles. The van der Waals surface area contributed by atoms with Crippen LogP contribution in [0.4, 0.5) is 0 Å². The molecule has 0 spiro atoms. The van der Waals surface area contributed by atoms with Gasteiger partial charge in [0.15, 0.2) is 0 Å². The van der Waals surface area contributed by atoms with Gasteiger partial charge in [-0.2, -0.15) is 0 Å². The van der Waals surface area contributed by atoms with Crippen molar-refractivity contribution in [1.82, 2.24) is 5.32 Å². The van der Waals surface area contributed by atoms with Crippen LogP contribution in [0, 0.1) is 19.3 Å². The molecule has 0 fully saturated rings. The maximum absolute atomic E-state index is 3.62. The highest BCUT2D eigenvalue weighted by Crippen LogP contribution is 2.23. The number of aryl methyl sites for hydroxylation is 3. The summed E-state index contributed by atoms with van der Waals surface area (Å²) in [6.07, 6.45) is 2.37. The van der Waals surface area contributed by atoms with Crippen molar-refractivity contribution in [3.63, 3.8) is 0 Å². The molecule has 1 heteroatoms. The van der Waals surface area contributed by atoms with Gasteiger partial charge < -0.3 is 5.32 Å². The Bertz CT molecular complexity index is 353. The van der Waals surface area contributed by atoms with E-state index in [1.54, 1.807) is 0 Å². The Hall–Kier alpha value is -0.820. The Balaban J connectivity index is 2.67. The van der Waals surface area contributed by atoms with Crippen molar-refractivity contribution in [3.8, 4) is 0 Å². The average Bonchev–Trinajstić information content (AvgIpc) is 2.21. The molecule has 0 radical (unpaired) electrons. The smallest absolute Gasteiger partial charge is 0.0119 e. The van der Waals surface area contributed by atoms with Crippen LogP contribution < -0.4 is 5.32 Å². The summed E-state index contributed by atoms with van der Waals surface area (Å²) in [5.41, 5.74) is 4.55. The molecule has 0 aliphatic carbocycles. The molecule has 1 rings (SSSR count). The van der Waals surface area contributed by atoms with Crippen LogP contribution in [0.5, 0.6) is 0 Å². The summed E-state index contributed by atoms with van der Waals surface area (Å²) in [6.45, 7) is 14.6. The molecule has 1 N–H and O–H groups in total. The van der Waals surface area contributed by atoms with Crippen LogP contribution in [0.15, 0.2) is 18.2 Å². The molecule has 0 amide bonds. The molecule has 0 saturated carbocycles. The van der Waals surface area contributed by atoms with Crippen molar-refractivity contribution in [1.29, 1.82) is 0 Å². The number of benzene rings is 1. The fourth-order valence-electron chi connectivity index (χ4n) is 2.61. The number of hydrogen-bond acceptors (Lipinski definition) is 1. The Morgan fingerprint density at radius 1 is 1.06 bits per heavy atom. The van der Waals surface area contributed by atoms with Crippen molar-refractivity contribution < 1.29 is 0 Å². The van der Waals surface area contributed by atoms with Crippen molar-refractivity contribution in [2.24, 2.45) is 5.41 Å². The van der Waals surface area contributed by atoms with Crippen LogP contribution in [-0.2, 0) is 6.42 Å². The van der Waals surface area contributed by atoms with Gasteiger partial charge >= 0.3 is 0 Å². The van der Waals surface area contributed by atoms with Crippen molar-refractivity contribution in [3.05, 3.63) is 34.9 Å². The van der Waals surface area contributed by atoms with E-state index in [2.05, 4.69) is 65.1 Å². The topological polar surface area (TPSA) is 12.0 Å². The van der Waals surface area contributed by atoms with Crippen molar-refractivity contribution in [2.75, 3.05) is 6.54 Å². The van der Waals surface area contributed by atoms with Gasteiger partial charge in [0.2, 0.25) is 0 Å². The fourth-order valence-corrected chi connectivity index (χ4v) is 2.61. The van der Waals surface area contributed by atoms with Crippen LogP contribution >= 0.6 is 0 Å². The minimum absolute atomic E-state index is 0.328. The minimum atomic E-state index is 0.328. The molecule has 18 heavy (non-hydrogen) atoms. The predicted octanol–water partition coefficient (Wildman–Crippen LogP) is 4.26. The van der Waals surface area contributed by atoms with E-state index in [1.807, 2.05) is 0 Å². The van der Waals surface area contributed by atoms with Crippen LogP contribution in [-0.4, -0.2) is 12.6 Å². The molecular weight excluding hydrogens is 218 g/mol. The lowest BCUT2D eigenvalue weighted by Crippen LogP contribution is -2.40. The lowest BCUT2D eigenvalue weighted by molar-refractivity contribution is 0.258. The van der Waals surface area contributed by atoms with Gasteiger partial charge in [0.05, 0.1) is 0 Å². The van der Waals surface area contributed by atoms with E-state index < -0.39 is 0 Å². The predicted molar refractivity (Wildman–Crippen MR) is 81.2 cm³/mol. The van der Waals surface area contributed by atoms with E-state index in [0.717, 1.165) is 13.0 Å². The zero-order valence-corrected chi connectivity index (χ0v) is 12.9. The molecule has 1 unspecified atom stereocenters. The molecular formula is C17H29N. The van der Waals surface area contributed by atoms with Gasteiger partial charge in [-0.05, 0) is 44.2 Å². The SMILES string of the molecule is CCNC(CCc1cc(C)cc(C)c1)C(C)(C)C. The van der Waals surface area contributed by atoms with Gasteiger partial charge in [-0.25, -0.2) is 0 Å². The molecule has 0 bridgehead atoms. The van der Waals surface area contributed by atoms with Gasteiger partial charge in [-0.15, -0.1) is 0 Å². The molecule has 1 atom stereocenters. The van der Waals surface area contributed by atoms with Gasteiger partial charge in [0.25, 0.3) is 0 Å². The second-order valence-electron chi connectivity index (χ2n) is 6.51. The number of hydrogen-bond donors (Lipinski definition) is 1. The van der Waals surface area contributed by atoms with Crippen LogP contribution in [0.25, 0.3) is 0 Å². The maximum Gasteiger partial charge on any atom is 0.0119 e. The van der Waals surface area contributed by atoms with Crippen LogP contribution in [0.2, 0.25) is 0 Å². The molecule has 0 aliphatic rings. The fraction of sp³-hybridized carbons (Fsp3) is 0.647. The Kier molecular flexibility index (Phi) is 5.40. The molecule has 1 aromatic rings. The summed E-state index contributed by atoms with van der Waals surface area (Å²) in [5, 5.41) is 3.62. The summed E-state index contributed by atoms with van der Waals surface area (Å²) in [7, 11) is 0. The first-order chi connectivity index (χ1) is 8.32. The van der Waals surface area contributed by atoms with Crippen LogP contribution in [0.1, 0.15) is 50.8 Å². The zero-order valence-electron chi connectivity index (χ0n) is 12.9. The summed E-state index contributed by atoms with van der Waals surface area (Å²) >= 11 is 0. The minimum Gasteiger partial charge on any atom is -0.314 e. The molecule has 102 valence electrons. The third-order valence-corrected chi connectivity index (χ3v) is 3.50. The zero-order chi connectivity index (χ0) is 13.8. The van der Waals surface area contributed by atoms with Crippen molar-refractivity contribution >= 4 is 0 Å². The molecule has 0 aromatic heterocycles. The van der Waals surface area contributed by atoms with E-state index in [0.29, 0.717) is 11.5 Å². The van der Waals surface area contributed by atoms with Gasteiger partial charge in [-0.1, -0.05) is 57.0 Å². The molecule has 0 heterocycles. The first-order valence-electron chi connectivity index (χ1n) is 7.13. The summed E-state index contributed by atoms with van der Waals surface area (Å²) in [5.74, 6) is 0. The monoisotopic (exact) mass is 247 g/mol. The lowest BCUT2D eigenvalue weighted by atomic mass is 9.83. The Morgan fingerprint density at radius 3 is 2.06 bits per heavy atom. The standard InChI is InChI=1S/C17H29N/c1-7-18-16(17(4,5)6)9-8-15-11-13(2)10-14(3)12-15/h10-12,16,18H,7-9H2,1-6H3. The second kappa shape index (κ2) is 6.38.